The number of benzene rings is 1. The molecular formula is C21H27PZr. The van der Waals surface area contributed by atoms with Gasteiger partial charge >= 0.3 is 26.2 Å². The molecule has 1 aliphatic carbocycles. The molecule has 2 heteroatoms. The van der Waals surface area contributed by atoms with Crippen molar-refractivity contribution in [2.45, 2.75) is 34.6 Å². The molecular weight excluding hydrogens is 374 g/mol. The van der Waals surface area contributed by atoms with Gasteiger partial charge in [-0.15, -0.1) is 55.2 Å². The van der Waals surface area contributed by atoms with Gasteiger partial charge in [0.2, 0.25) is 0 Å². The summed E-state index contributed by atoms with van der Waals surface area (Å²) in [6, 6.07) is 13.2. The Kier molecular flexibility index (Phi) is 7.31. The predicted octanol–water partition coefficient (Wildman–Crippen LogP) is 6.04. The fraction of sp³-hybridized carbons (Fsp3) is 0.381. The van der Waals surface area contributed by atoms with Crippen molar-refractivity contribution >= 4 is 24.0 Å². The minimum absolute atomic E-state index is 0. The molecule has 0 radical (unpaired) electrons. The number of hydrogen-bond donors (Lipinski definition) is 0. The Morgan fingerprint density at radius 3 is 2.04 bits per heavy atom. The third-order valence-electron chi connectivity index (χ3n) is 4.68. The molecule has 120 valence electrons. The Labute approximate surface area is 162 Å². The van der Waals surface area contributed by atoms with Crippen molar-refractivity contribution in [2.75, 3.05) is 13.3 Å². The summed E-state index contributed by atoms with van der Waals surface area (Å²) in [5.41, 5.74) is 4.39. The summed E-state index contributed by atoms with van der Waals surface area (Å²) in [7, 11) is 0.0576. The fourth-order valence-corrected chi connectivity index (χ4v) is 3.59. The molecule has 0 unspecified atom stereocenters. The van der Waals surface area contributed by atoms with Crippen molar-refractivity contribution in [3.8, 4) is 0 Å². The molecule has 0 saturated carbocycles. The van der Waals surface area contributed by atoms with Gasteiger partial charge in [-0.25, -0.2) is 5.57 Å². The SMILES string of the molecule is CC1=[C-]C(C)(C)C(C)=C1C.CP(C)c1cc2ccccc2[cH-]1.[Zr+2]. The van der Waals surface area contributed by atoms with Gasteiger partial charge < -0.3 is 0 Å². The summed E-state index contributed by atoms with van der Waals surface area (Å²) in [4.78, 5) is 0. The van der Waals surface area contributed by atoms with Crippen LogP contribution in [0.1, 0.15) is 34.6 Å². The minimum Gasteiger partial charge on any atom is -0.263 e. The van der Waals surface area contributed by atoms with Crippen LogP contribution in [0.5, 0.6) is 0 Å². The maximum absolute atomic E-state index is 3.44. The van der Waals surface area contributed by atoms with Gasteiger partial charge in [0, 0.05) is 0 Å². The van der Waals surface area contributed by atoms with E-state index in [1.807, 2.05) is 0 Å². The van der Waals surface area contributed by atoms with Crippen molar-refractivity contribution in [3.05, 3.63) is 59.2 Å². The van der Waals surface area contributed by atoms with Crippen molar-refractivity contribution in [3.63, 3.8) is 0 Å². The Morgan fingerprint density at radius 2 is 1.65 bits per heavy atom. The zero-order chi connectivity index (χ0) is 16.5. The summed E-state index contributed by atoms with van der Waals surface area (Å²) in [5.74, 6) is 0. The molecule has 2 aromatic carbocycles. The van der Waals surface area contributed by atoms with Gasteiger partial charge in [0.1, 0.15) is 0 Å². The van der Waals surface area contributed by atoms with E-state index in [4.69, 9.17) is 0 Å². The molecule has 0 nitrogen and oxygen atoms in total. The molecule has 1 aliphatic rings. The molecule has 0 spiro atoms. The summed E-state index contributed by atoms with van der Waals surface area (Å²) in [5, 5.41) is 4.26. The first-order valence-electron chi connectivity index (χ1n) is 7.85. The summed E-state index contributed by atoms with van der Waals surface area (Å²) < 4.78 is 0. The Bertz CT molecular complexity index is 696. The summed E-state index contributed by atoms with van der Waals surface area (Å²) in [6.07, 6.45) is 3.44. The Balaban J connectivity index is 0.000000224. The number of fused-ring (bicyclic) bond motifs is 1. The van der Waals surface area contributed by atoms with E-state index in [1.165, 1.54) is 32.8 Å². The van der Waals surface area contributed by atoms with Crippen LogP contribution in [0.25, 0.3) is 10.8 Å². The van der Waals surface area contributed by atoms with E-state index in [9.17, 15) is 0 Å². The molecule has 3 rings (SSSR count). The quantitative estimate of drug-likeness (QED) is 0.404. The molecule has 23 heavy (non-hydrogen) atoms. The van der Waals surface area contributed by atoms with Gasteiger partial charge in [0.25, 0.3) is 0 Å². The number of hydrogen-bond acceptors (Lipinski definition) is 0. The van der Waals surface area contributed by atoms with Crippen LogP contribution in [-0.4, -0.2) is 13.3 Å². The largest absolute Gasteiger partial charge is 2.00 e. The average molecular weight is 402 g/mol. The Morgan fingerprint density at radius 1 is 1.04 bits per heavy atom. The smallest absolute Gasteiger partial charge is 0.263 e. The van der Waals surface area contributed by atoms with E-state index in [0.29, 0.717) is 0 Å². The van der Waals surface area contributed by atoms with E-state index >= 15 is 0 Å². The molecule has 0 bridgehead atoms. The van der Waals surface area contributed by atoms with Crippen LogP contribution in [-0.2, 0) is 26.2 Å². The molecule has 0 N–H and O–H groups in total. The van der Waals surface area contributed by atoms with E-state index < -0.39 is 0 Å². The normalized spacial score (nSPS) is 16.1. The van der Waals surface area contributed by atoms with Gasteiger partial charge in [-0.2, -0.15) is 17.2 Å². The molecule has 0 aromatic heterocycles. The summed E-state index contributed by atoms with van der Waals surface area (Å²) in [6.45, 7) is 15.5. The molecule has 2 aromatic rings. The van der Waals surface area contributed by atoms with Crippen LogP contribution in [0, 0.1) is 11.5 Å². The second-order valence-corrected chi connectivity index (χ2v) is 9.17. The fourth-order valence-electron chi connectivity index (χ4n) is 2.80. The molecule has 0 aliphatic heterocycles. The second-order valence-electron chi connectivity index (χ2n) is 6.86. The monoisotopic (exact) mass is 400 g/mol. The first-order chi connectivity index (χ1) is 10.2. The molecule has 0 heterocycles. The number of rotatable bonds is 1. The maximum atomic E-state index is 3.44. The van der Waals surface area contributed by atoms with Crippen molar-refractivity contribution < 1.29 is 26.2 Å². The predicted molar refractivity (Wildman–Crippen MR) is 103 cm³/mol. The standard InChI is InChI=1S/C11H12P.C10H15.Zr/c1-12(2)11-7-9-5-3-4-6-10(9)8-11;1-7-6-10(4,5)9(3)8(7)2;/h3-8H,1-2H3;1-5H3;/q2*-1;+2. The Hall–Kier alpha value is -0.377. The van der Waals surface area contributed by atoms with E-state index in [-0.39, 0.29) is 39.5 Å². The van der Waals surface area contributed by atoms with Crippen molar-refractivity contribution in [2.24, 2.45) is 5.41 Å². The van der Waals surface area contributed by atoms with Gasteiger partial charge in [0.15, 0.2) is 0 Å². The van der Waals surface area contributed by atoms with Crippen LogP contribution < -0.4 is 5.30 Å². The van der Waals surface area contributed by atoms with E-state index in [1.54, 1.807) is 0 Å². The van der Waals surface area contributed by atoms with Gasteiger partial charge in [-0.05, 0) is 13.3 Å². The topological polar surface area (TPSA) is 0 Å². The van der Waals surface area contributed by atoms with Crippen LogP contribution in [0.3, 0.4) is 0 Å². The van der Waals surface area contributed by atoms with Crippen molar-refractivity contribution in [1.29, 1.82) is 0 Å². The molecule has 0 fully saturated rings. The van der Waals surface area contributed by atoms with Crippen LogP contribution >= 0.6 is 7.92 Å². The molecule has 0 saturated heterocycles. The first-order valence-corrected chi connectivity index (χ1v) is 10.1. The summed E-state index contributed by atoms with van der Waals surface area (Å²) >= 11 is 0. The third-order valence-corrected chi connectivity index (χ3v) is 5.97. The number of allylic oxidation sites excluding steroid dienone is 4. The van der Waals surface area contributed by atoms with E-state index in [0.717, 1.165) is 0 Å². The average Bonchev–Trinajstić information content (AvgIpc) is 2.96. The van der Waals surface area contributed by atoms with Crippen molar-refractivity contribution in [1.82, 2.24) is 0 Å². The van der Waals surface area contributed by atoms with Crippen LogP contribution in [0.4, 0.5) is 0 Å². The van der Waals surface area contributed by atoms with Crippen LogP contribution in [0.2, 0.25) is 0 Å². The maximum Gasteiger partial charge on any atom is 2.00 e. The van der Waals surface area contributed by atoms with Crippen LogP contribution in [0.15, 0.2) is 53.1 Å². The van der Waals surface area contributed by atoms with Gasteiger partial charge in [0.05, 0.1) is 0 Å². The zero-order valence-electron chi connectivity index (χ0n) is 15.4. The van der Waals surface area contributed by atoms with E-state index in [2.05, 4.69) is 90.4 Å². The van der Waals surface area contributed by atoms with Gasteiger partial charge in [-0.1, -0.05) is 39.2 Å². The zero-order valence-corrected chi connectivity index (χ0v) is 18.8. The molecule has 0 atom stereocenters. The van der Waals surface area contributed by atoms with Gasteiger partial charge in [-0.3, -0.25) is 6.08 Å². The third kappa shape index (κ3) is 4.81. The molecule has 0 amide bonds. The second kappa shape index (κ2) is 8.13. The first kappa shape index (κ1) is 20.7. The minimum atomic E-state index is 0.